The Morgan fingerprint density at radius 2 is 0.621 bits per heavy atom. The zero-order valence-electron chi connectivity index (χ0n) is 56.5. The summed E-state index contributed by atoms with van der Waals surface area (Å²) in [5.74, 6) is 0. The van der Waals surface area contributed by atoms with Crippen molar-refractivity contribution in [2.45, 2.75) is 116 Å². The van der Waals surface area contributed by atoms with Crippen molar-refractivity contribution in [1.82, 2.24) is 9.13 Å². The van der Waals surface area contributed by atoms with E-state index >= 15 is 0 Å². The fourth-order valence-electron chi connectivity index (χ4n) is 18.5. The molecule has 0 radical (unpaired) electrons. The van der Waals surface area contributed by atoms with Crippen LogP contribution in [0.25, 0.3) is 88.4 Å². The lowest BCUT2D eigenvalue weighted by Crippen LogP contribution is -2.61. The molecule has 18 rings (SSSR count). The smallest absolute Gasteiger partial charge is 0.252 e. The quantitative estimate of drug-likeness (QED) is 0.148. The molecule has 4 aliphatic rings. The first-order valence-electron chi connectivity index (χ1n) is 34.3. The molecule has 95 heavy (non-hydrogen) atoms. The minimum Gasteiger partial charge on any atom is -0.311 e. The predicted molar refractivity (Wildman–Crippen MR) is 405 cm³/mol. The minimum absolute atomic E-state index is 0.0299. The molecular weight excluding hydrogens is 1150 g/mol. The normalized spacial score (nSPS) is 16.1. The van der Waals surface area contributed by atoms with Crippen molar-refractivity contribution in [2.24, 2.45) is 0 Å². The summed E-state index contributed by atoms with van der Waals surface area (Å²) in [5, 5.41) is 4.96. The lowest BCUT2D eigenvalue weighted by molar-refractivity contribution is 0.402. The number of para-hydroxylation sites is 4. The van der Waals surface area contributed by atoms with E-state index in [9.17, 15) is 0 Å². The van der Waals surface area contributed by atoms with Gasteiger partial charge in [-0.15, -0.1) is 0 Å². The van der Waals surface area contributed by atoms with Crippen molar-refractivity contribution < 1.29 is 0 Å². The summed E-state index contributed by atoms with van der Waals surface area (Å²) in [6, 6.07) is 98.4. The van der Waals surface area contributed by atoms with Gasteiger partial charge in [-0.2, -0.15) is 0 Å². The van der Waals surface area contributed by atoms with E-state index in [4.69, 9.17) is 0 Å². The van der Waals surface area contributed by atoms with E-state index in [1.165, 1.54) is 127 Å². The van der Waals surface area contributed by atoms with Crippen LogP contribution in [0.15, 0.2) is 255 Å². The van der Waals surface area contributed by atoms with Crippen LogP contribution in [0.5, 0.6) is 0 Å². The van der Waals surface area contributed by atoms with E-state index in [0.717, 1.165) is 52.7 Å². The third-order valence-corrected chi connectivity index (χ3v) is 22.4. The Labute approximate surface area is 559 Å². The molecular formula is C90H79BN4. The third-order valence-electron chi connectivity index (χ3n) is 22.4. The maximum absolute atomic E-state index is 2.62. The molecule has 2 aromatic heterocycles. The first kappa shape index (κ1) is 57.6. The second-order valence-corrected chi connectivity index (χ2v) is 31.6. The van der Waals surface area contributed by atoms with Gasteiger partial charge in [0, 0.05) is 61.4 Å². The van der Waals surface area contributed by atoms with Gasteiger partial charge in [-0.3, -0.25) is 0 Å². The summed E-state index contributed by atoms with van der Waals surface area (Å²) in [4.78, 5) is 5.23. The van der Waals surface area contributed by atoms with E-state index in [1.807, 2.05) is 0 Å². The first-order chi connectivity index (χ1) is 45.7. The van der Waals surface area contributed by atoms with Gasteiger partial charge in [0.1, 0.15) is 0 Å². The Hall–Kier alpha value is -10.1. The number of nitrogens with zero attached hydrogens (tertiary/aromatic N) is 4. The molecule has 0 N–H and O–H groups in total. The Morgan fingerprint density at radius 1 is 0.295 bits per heavy atom. The Balaban J connectivity index is 0.912. The predicted octanol–water partition coefficient (Wildman–Crippen LogP) is 22.2. The van der Waals surface area contributed by atoms with Gasteiger partial charge in [-0.25, -0.2) is 0 Å². The summed E-state index contributed by atoms with van der Waals surface area (Å²) in [6.45, 7) is 26.1. The molecule has 12 aromatic carbocycles. The van der Waals surface area contributed by atoms with Crippen molar-refractivity contribution in [3.8, 4) is 44.8 Å². The lowest BCUT2D eigenvalue weighted by Gasteiger charge is -2.44. The van der Waals surface area contributed by atoms with Gasteiger partial charge >= 0.3 is 0 Å². The van der Waals surface area contributed by atoms with Crippen molar-refractivity contribution in [3.05, 3.63) is 283 Å². The van der Waals surface area contributed by atoms with Crippen LogP contribution in [0, 0.1) is 0 Å². The molecule has 2 aliphatic heterocycles. The molecule has 0 spiro atoms. The third kappa shape index (κ3) is 8.73. The van der Waals surface area contributed by atoms with Gasteiger partial charge < -0.3 is 18.9 Å². The zero-order chi connectivity index (χ0) is 64.8. The number of benzene rings is 12. The molecule has 0 saturated carbocycles. The second-order valence-electron chi connectivity index (χ2n) is 31.6. The summed E-state index contributed by atoms with van der Waals surface area (Å²) in [7, 11) is 0. The number of hydrogen-bond acceptors (Lipinski definition) is 2. The SMILES string of the molecule is CC(C)(C)c1ccc(-c2ccc3c(c2)N(c2ccc(-c4ccc5c(c4)C(C)(C)CC5(C)C)cc2)c2cc(-n4c5ccccc5c5ccccc54)cc4c2B3c2ccc(-n3c5ccccc5c5ccccc53)cc2N4c2ccc(-c3ccc4c(c3)C(C)(C)CC4(C)C)cc2)cc1. The highest BCUT2D eigenvalue weighted by Gasteiger charge is 2.46. The highest BCUT2D eigenvalue weighted by Crippen LogP contribution is 2.54. The molecule has 0 unspecified atom stereocenters. The number of anilines is 6. The Morgan fingerprint density at radius 3 is 1.05 bits per heavy atom. The van der Waals surface area contributed by atoms with E-state index < -0.39 is 0 Å². The first-order valence-corrected chi connectivity index (χ1v) is 34.3. The molecule has 0 fully saturated rings. The fourth-order valence-corrected chi connectivity index (χ4v) is 18.5. The lowest BCUT2D eigenvalue weighted by atomic mass is 9.33. The van der Waals surface area contributed by atoms with E-state index in [0.29, 0.717) is 0 Å². The Kier molecular flexibility index (Phi) is 12.2. The molecule has 0 bridgehead atoms. The molecule has 4 heterocycles. The highest BCUT2D eigenvalue weighted by atomic mass is 15.2. The fraction of sp³-hybridized carbons (Fsp3) is 0.200. The van der Waals surface area contributed by atoms with Crippen molar-refractivity contribution in [1.29, 1.82) is 0 Å². The maximum Gasteiger partial charge on any atom is 0.252 e. The van der Waals surface area contributed by atoms with Gasteiger partial charge in [0.05, 0.1) is 27.8 Å². The van der Waals surface area contributed by atoms with E-state index in [1.54, 1.807) is 0 Å². The molecule has 0 atom stereocenters. The molecule has 14 aromatic rings. The van der Waals surface area contributed by atoms with Crippen molar-refractivity contribution in [3.63, 3.8) is 0 Å². The molecule has 0 amide bonds. The van der Waals surface area contributed by atoms with Crippen molar-refractivity contribution in [2.75, 3.05) is 9.80 Å². The topological polar surface area (TPSA) is 16.3 Å². The second kappa shape index (κ2) is 20.2. The summed E-state index contributed by atoms with van der Waals surface area (Å²) < 4.78 is 5.01. The number of hydrogen-bond donors (Lipinski definition) is 0. The van der Waals surface area contributed by atoms with Crippen LogP contribution < -0.4 is 26.2 Å². The van der Waals surface area contributed by atoms with Crippen LogP contribution in [0.4, 0.5) is 34.1 Å². The number of fused-ring (bicyclic) bond motifs is 12. The maximum atomic E-state index is 2.62. The molecule has 4 nitrogen and oxygen atoms in total. The van der Waals surface area contributed by atoms with E-state index in [2.05, 4.69) is 350 Å². The molecule has 0 saturated heterocycles. The van der Waals surface area contributed by atoms with Crippen LogP contribution in [-0.2, 0) is 27.1 Å². The van der Waals surface area contributed by atoms with Crippen LogP contribution in [0.3, 0.4) is 0 Å². The van der Waals surface area contributed by atoms with Gasteiger partial charge in [-0.1, -0.05) is 252 Å². The van der Waals surface area contributed by atoms with E-state index in [-0.39, 0.29) is 33.8 Å². The summed E-state index contributed by atoms with van der Waals surface area (Å²) in [6.07, 6.45) is 2.27. The largest absolute Gasteiger partial charge is 0.311 e. The molecule has 5 heteroatoms. The highest BCUT2D eigenvalue weighted by molar-refractivity contribution is 7.00. The molecule has 462 valence electrons. The van der Waals surface area contributed by atoms with Gasteiger partial charge in [0.2, 0.25) is 0 Å². The number of aromatic nitrogens is 2. The minimum atomic E-state index is -0.134. The Bertz CT molecular complexity index is 5420. The average Bonchev–Trinajstić information content (AvgIpc) is 1.39. The number of rotatable bonds is 7. The van der Waals surface area contributed by atoms with Gasteiger partial charge in [0.25, 0.3) is 6.71 Å². The van der Waals surface area contributed by atoms with Gasteiger partial charge in [-0.05, 0) is 196 Å². The van der Waals surface area contributed by atoms with Crippen LogP contribution in [-0.4, -0.2) is 15.8 Å². The van der Waals surface area contributed by atoms with Crippen LogP contribution in [0.1, 0.15) is 117 Å². The molecule has 2 aliphatic carbocycles. The van der Waals surface area contributed by atoms with Gasteiger partial charge in [0.15, 0.2) is 0 Å². The average molecular weight is 1230 g/mol. The summed E-state index contributed by atoms with van der Waals surface area (Å²) in [5.41, 5.74) is 32.6. The monoisotopic (exact) mass is 1230 g/mol. The summed E-state index contributed by atoms with van der Waals surface area (Å²) >= 11 is 0. The van der Waals surface area contributed by atoms with Crippen LogP contribution >= 0.6 is 0 Å². The zero-order valence-corrected chi connectivity index (χ0v) is 56.5. The van der Waals surface area contributed by atoms with Crippen LogP contribution in [0.2, 0.25) is 0 Å². The standard InChI is InChI=1S/C90H79BN4/c1-86(2,3)62-37-28-56(29-38-62)61-36-46-75-81(50-61)92(63-39-30-57(31-40-63)59-34-44-71-73(48-59)89(8,9)54-87(71,4)5)83-52-66(95-79-26-18-14-22-69(79)70-23-15-19-27-80(70)95)53-84-85(83)91(75)76-47-43-65(94-77-24-16-12-20-67(77)68-21-13-17-25-78(68)94)51-82(76)93(84)64-41-32-58(33-42-64)60-35-45-72-74(49-60)90(10,11)55-88(72,6)7/h12-53H,54-55H2,1-11H3. The van der Waals surface area contributed by atoms with Crippen molar-refractivity contribution >= 4 is 101 Å².